The van der Waals surface area contributed by atoms with Crippen molar-refractivity contribution in [2.45, 2.75) is 32.2 Å². The van der Waals surface area contributed by atoms with Crippen LogP contribution in [0, 0.1) is 20.8 Å². The van der Waals surface area contributed by atoms with Gasteiger partial charge in [0.25, 0.3) is 0 Å². The third-order valence-electron chi connectivity index (χ3n) is 3.46. The number of hydrogen-bond donors (Lipinski definition) is 2. The fourth-order valence-corrected chi connectivity index (χ4v) is 3.47. The Balaban J connectivity index is 2.23. The largest absolute Gasteiger partial charge is 0.478 e. The third-order valence-corrected chi connectivity index (χ3v) is 5.03. The molecule has 0 unspecified atom stereocenters. The van der Waals surface area contributed by atoms with Crippen molar-refractivity contribution < 1.29 is 18.3 Å². The van der Waals surface area contributed by atoms with Crippen molar-refractivity contribution in [3.63, 3.8) is 0 Å². The second kappa shape index (κ2) is 6.47. The number of carbonyl (C=O) groups is 1. The van der Waals surface area contributed by atoms with E-state index < -0.39 is 16.0 Å². The van der Waals surface area contributed by atoms with Gasteiger partial charge in [0.2, 0.25) is 10.0 Å². The van der Waals surface area contributed by atoms with Gasteiger partial charge < -0.3 is 5.11 Å². The number of pyridine rings is 1. The molecule has 122 valence electrons. The highest BCUT2D eigenvalue weighted by Crippen LogP contribution is 2.17. The summed E-state index contributed by atoms with van der Waals surface area (Å²) in [5.74, 6) is -1.09. The first-order chi connectivity index (χ1) is 10.7. The van der Waals surface area contributed by atoms with E-state index in [4.69, 9.17) is 5.11 Å². The Labute approximate surface area is 135 Å². The van der Waals surface area contributed by atoms with Gasteiger partial charge in [0, 0.05) is 6.20 Å². The van der Waals surface area contributed by atoms with E-state index in [1.165, 1.54) is 18.2 Å². The van der Waals surface area contributed by atoms with Gasteiger partial charge in [0.1, 0.15) is 0 Å². The summed E-state index contributed by atoms with van der Waals surface area (Å²) in [7, 11) is -3.74. The topological polar surface area (TPSA) is 96.4 Å². The molecule has 0 spiro atoms. The first kappa shape index (κ1) is 17.1. The lowest BCUT2D eigenvalue weighted by molar-refractivity contribution is 0.0696. The summed E-state index contributed by atoms with van der Waals surface area (Å²) in [6.07, 6.45) is 1.68. The number of carboxylic acids is 1. The maximum absolute atomic E-state index is 12.4. The molecule has 1 aromatic heterocycles. The summed E-state index contributed by atoms with van der Waals surface area (Å²) in [5, 5.41) is 8.93. The summed E-state index contributed by atoms with van der Waals surface area (Å²) in [6, 6.07) is 5.85. The van der Waals surface area contributed by atoms with Crippen LogP contribution in [0.3, 0.4) is 0 Å². The number of nitrogens with zero attached hydrogens (tertiary/aromatic N) is 1. The molecule has 23 heavy (non-hydrogen) atoms. The monoisotopic (exact) mass is 334 g/mol. The van der Waals surface area contributed by atoms with Crippen molar-refractivity contribution in [3.8, 4) is 0 Å². The molecule has 0 saturated carbocycles. The molecule has 7 heteroatoms. The minimum Gasteiger partial charge on any atom is -0.478 e. The highest BCUT2D eigenvalue weighted by Gasteiger charge is 2.18. The second-order valence-corrected chi connectivity index (χ2v) is 7.12. The lowest BCUT2D eigenvalue weighted by Crippen LogP contribution is -2.25. The van der Waals surface area contributed by atoms with Crippen LogP contribution in [0.15, 0.2) is 35.4 Å². The summed E-state index contributed by atoms with van der Waals surface area (Å²) in [6.45, 7) is 5.43. The van der Waals surface area contributed by atoms with Gasteiger partial charge in [-0.25, -0.2) is 17.9 Å². The molecular weight excluding hydrogens is 316 g/mol. The Kier molecular flexibility index (Phi) is 4.82. The van der Waals surface area contributed by atoms with E-state index in [1.54, 1.807) is 13.1 Å². The summed E-state index contributed by atoms with van der Waals surface area (Å²) in [5.41, 5.74) is 3.00. The Morgan fingerprint density at radius 3 is 2.43 bits per heavy atom. The molecule has 0 aliphatic rings. The van der Waals surface area contributed by atoms with Gasteiger partial charge in [0.15, 0.2) is 0 Å². The summed E-state index contributed by atoms with van der Waals surface area (Å²) in [4.78, 5) is 15.2. The highest BCUT2D eigenvalue weighted by molar-refractivity contribution is 7.89. The number of hydrogen-bond acceptors (Lipinski definition) is 4. The van der Waals surface area contributed by atoms with Crippen LogP contribution < -0.4 is 4.72 Å². The van der Waals surface area contributed by atoms with Crippen LogP contribution in [-0.4, -0.2) is 24.5 Å². The van der Waals surface area contributed by atoms with E-state index >= 15 is 0 Å². The molecule has 2 N–H and O–H groups in total. The summed E-state index contributed by atoms with van der Waals surface area (Å²) >= 11 is 0. The fraction of sp³-hybridized carbons (Fsp3) is 0.250. The van der Waals surface area contributed by atoms with Crippen molar-refractivity contribution in [1.82, 2.24) is 9.71 Å². The van der Waals surface area contributed by atoms with Crippen molar-refractivity contribution in [2.75, 3.05) is 0 Å². The molecule has 1 aromatic carbocycles. The maximum Gasteiger partial charge on any atom is 0.335 e. The lowest BCUT2D eigenvalue weighted by atomic mass is 10.1. The fourth-order valence-electron chi connectivity index (χ4n) is 2.25. The number of benzene rings is 1. The second-order valence-electron chi connectivity index (χ2n) is 5.39. The average Bonchev–Trinajstić information content (AvgIpc) is 2.45. The predicted octanol–water partition coefficient (Wildman–Crippen LogP) is 2.18. The van der Waals surface area contributed by atoms with Gasteiger partial charge in [-0.3, -0.25) is 4.98 Å². The van der Waals surface area contributed by atoms with Crippen LogP contribution in [0.1, 0.15) is 32.7 Å². The average molecular weight is 334 g/mol. The zero-order valence-electron chi connectivity index (χ0n) is 13.1. The molecule has 0 amide bonds. The van der Waals surface area contributed by atoms with E-state index in [2.05, 4.69) is 9.71 Å². The van der Waals surface area contributed by atoms with Gasteiger partial charge in [-0.05, 0) is 55.7 Å². The smallest absolute Gasteiger partial charge is 0.335 e. The molecule has 0 bridgehead atoms. The van der Waals surface area contributed by atoms with E-state index in [-0.39, 0.29) is 17.0 Å². The van der Waals surface area contributed by atoms with E-state index in [1.807, 2.05) is 19.9 Å². The number of aromatic carboxylic acids is 1. The number of aromatic nitrogens is 1. The number of sulfonamides is 1. The molecule has 0 aliphatic heterocycles. The standard InChI is InChI=1S/C16H18N2O4S/c1-10-6-11(2)14(17-8-10)9-18-23(21,22)15-5-4-13(16(19)20)7-12(15)3/h4-8,18H,9H2,1-3H3,(H,19,20). The zero-order valence-corrected chi connectivity index (χ0v) is 13.9. The zero-order chi connectivity index (χ0) is 17.2. The normalized spacial score (nSPS) is 11.4. The van der Waals surface area contributed by atoms with E-state index in [0.717, 1.165) is 11.1 Å². The molecule has 2 rings (SSSR count). The maximum atomic E-state index is 12.4. The van der Waals surface area contributed by atoms with Crippen LogP contribution in [0.2, 0.25) is 0 Å². The minimum absolute atomic E-state index is 0.0532. The molecule has 6 nitrogen and oxygen atoms in total. The van der Waals surface area contributed by atoms with Gasteiger partial charge in [-0.1, -0.05) is 6.07 Å². The third kappa shape index (κ3) is 3.94. The molecule has 0 saturated heterocycles. The Hall–Kier alpha value is -2.25. The SMILES string of the molecule is Cc1cnc(CNS(=O)(=O)c2ccc(C(=O)O)cc2C)c(C)c1. The van der Waals surface area contributed by atoms with Gasteiger partial charge >= 0.3 is 5.97 Å². The number of carboxylic acid groups (broad SMARTS) is 1. The lowest BCUT2D eigenvalue weighted by Gasteiger charge is -2.11. The minimum atomic E-state index is -3.74. The van der Waals surface area contributed by atoms with Crippen molar-refractivity contribution in [1.29, 1.82) is 0 Å². The van der Waals surface area contributed by atoms with E-state index in [0.29, 0.717) is 11.3 Å². The molecule has 0 aliphatic carbocycles. The van der Waals surface area contributed by atoms with Crippen LogP contribution >= 0.6 is 0 Å². The number of nitrogens with one attached hydrogen (secondary N) is 1. The van der Waals surface area contributed by atoms with Crippen molar-refractivity contribution in [2.24, 2.45) is 0 Å². The van der Waals surface area contributed by atoms with Gasteiger partial charge in [-0.2, -0.15) is 0 Å². The van der Waals surface area contributed by atoms with Crippen molar-refractivity contribution in [3.05, 3.63) is 58.4 Å². The number of rotatable bonds is 5. The van der Waals surface area contributed by atoms with Gasteiger partial charge in [0.05, 0.1) is 22.7 Å². The first-order valence-corrected chi connectivity index (χ1v) is 8.45. The Bertz CT molecular complexity index is 860. The first-order valence-electron chi connectivity index (χ1n) is 6.96. The molecular formula is C16H18N2O4S. The number of aryl methyl sites for hydroxylation is 3. The van der Waals surface area contributed by atoms with Crippen LogP contribution in [0.4, 0.5) is 0 Å². The molecule has 0 radical (unpaired) electrons. The van der Waals surface area contributed by atoms with Gasteiger partial charge in [-0.15, -0.1) is 0 Å². The molecule has 0 fully saturated rings. The van der Waals surface area contributed by atoms with E-state index in [9.17, 15) is 13.2 Å². The van der Waals surface area contributed by atoms with Crippen LogP contribution in [0.25, 0.3) is 0 Å². The summed E-state index contributed by atoms with van der Waals surface area (Å²) < 4.78 is 27.3. The Morgan fingerprint density at radius 1 is 1.17 bits per heavy atom. The molecule has 0 atom stereocenters. The van der Waals surface area contributed by atoms with Crippen LogP contribution in [0.5, 0.6) is 0 Å². The molecule has 1 heterocycles. The molecule has 2 aromatic rings. The highest BCUT2D eigenvalue weighted by atomic mass is 32.2. The van der Waals surface area contributed by atoms with Crippen LogP contribution in [-0.2, 0) is 16.6 Å². The van der Waals surface area contributed by atoms with Crippen molar-refractivity contribution >= 4 is 16.0 Å². The quantitative estimate of drug-likeness (QED) is 0.873. The Morgan fingerprint density at radius 2 is 1.87 bits per heavy atom. The predicted molar refractivity (Wildman–Crippen MR) is 85.9 cm³/mol.